The molecular formula is C23H29NO2. The number of amides is 1. The molecule has 0 saturated heterocycles. The summed E-state index contributed by atoms with van der Waals surface area (Å²) in [6, 6.07) is 14.6. The Morgan fingerprint density at radius 1 is 1.08 bits per heavy atom. The average molecular weight is 351 g/mol. The van der Waals surface area contributed by atoms with Crippen LogP contribution in [-0.4, -0.2) is 24.0 Å². The van der Waals surface area contributed by atoms with Gasteiger partial charge in [-0.25, -0.2) is 0 Å². The molecule has 0 saturated carbocycles. The second kappa shape index (κ2) is 8.39. The zero-order chi connectivity index (χ0) is 18.5. The number of fused-ring (bicyclic) bond motifs is 1. The predicted octanol–water partition coefficient (Wildman–Crippen LogP) is 4.69. The van der Waals surface area contributed by atoms with Gasteiger partial charge in [0.1, 0.15) is 5.75 Å². The molecule has 0 N–H and O–H groups in total. The molecule has 0 aliphatic heterocycles. The minimum atomic E-state index is -0.438. The molecule has 3 nitrogen and oxygen atoms in total. The summed E-state index contributed by atoms with van der Waals surface area (Å²) < 4.78 is 6.08. The van der Waals surface area contributed by atoms with Crippen molar-refractivity contribution in [3.63, 3.8) is 0 Å². The number of aryl methyl sites for hydroxylation is 3. The Bertz CT molecular complexity index is 751. The second-order valence-corrected chi connectivity index (χ2v) is 7.33. The van der Waals surface area contributed by atoms with E-state index in [1.807, 2.05) is 20.0 Å². The van der Waals surface area contributed by atoms with Crippen molar-refractivity contribution in [1.82, 2.24) is 4.90 Å². The topological polar surface area (TPSA) is 29.5 Å². The number of nitrogens with zero attached hydrogens (tertiary/aromatic N) is 1. The summed E-state index contributed by atoms with van der Waals surface area (Å²) >= 11 is 0. The van der Waals surface area contributed by atoms with Gasteiger partial charge in [-0.1, -0.05) is 42.8 Å². The van der Waals surface area contributed by atoms with Gasteiger partial charge in [-0.15, -0.1) is 0 Å². The van der Waals surface area contributed by atoms with Crippen LogP contribution in [0.3, 0.4) is 0 Å². The van der Waals surface area contributed by atoms with Crippen molar-refractivity contribution >= 4 is 5.91 Å². The summed E-state index contributed by atoms with van der Waals surface area (Å²) in [5.41, 5.74) is 5.17. The van der Waals surface area contributed by atoms with Gasteiger partial charge in [-0.05, 0) is 67.9 Å². The molecule has 0 heterocycles. The van der Waals surface area contributed by atoms with Gasteiger partial charge in [0.25, 0.3) is 5.91 Å². The number of benzene rings is 2. The van der Waals surface area contributed by atoms with Crippen LogP contribution in [0.1, 0.15) is 48.4 Å². The fraction of sp³-hybridized carbons (Fsp3) is 0.435. The molecule has 2 aromatic rings. The van der Waals surface area contributed by atoms with E-state index in [1.165, 1.54) is 29.5 Å². The third-order valence-electron chi connectivity index (χ3n) is 5.16. The maximum absolute atomic E-state index is 12.8. The molecule has 1 aliphatic carbocycles. The van der Waals surface area contributed by atoms with Crippen LogP contribution >= 0.6 is 0 Å². The maximum Gasteiger partial charge on any atom is 0.263 e. The summed E-state index contributed by atoms with van der Waals surface area (Å²) in [5, 5.41) is 0. The van der Waals surface area contributed by atoms with E-state index >= 15 is 0 Å². The van der Waals surface area contributed by atoms with Crippen LogP contribution in [0.25, 0.3) is 0 Å². The summed E-state index contributed by atoms with van der Waals surface area (Å²) in [4.78, 5) is 14.6. The molecule has 3 rings (SSSR count). The van der Waals surface area contributed by atoms with Gasteiger partial charge in [0.15, 0.2) is 6.10 Å². The first-order valence-electron chi connectivity index (χ1n) is 9.66. The fourth-order valence-electron chi connectivity index (χ4n) is 3.55. The van der Waals surface area contributed by atoms with Gasteiger partial charge in [-0.3, -0.25) is 4.79 Å². The van der Waals surface area contributed by atoms with E-state index in [0.717, 1.165) is 24.2 Å². The Labute approximate surface area is 157 Å². The van der Waals surface area contributed by atoms with Crippen molar-refractivity contribution in [3.05, 3.63) is 64.7 Å². The standard InChI is InChI=1S/C23H29NO2/c1-4-22(23(25)24(3)16-18-11-9-17(2)10-12-18)26-21-14-13-19-7-5-6-8-20(19)15-21/h9-15,22H,4-8,16H2,1-3H3/t22-/m0/s1. The average Bonchev–Trinajstić information content (AvgIpc) is 2.67. The van der Waals surface area contributed by atoms with Crippen LogP contribution in [0, 0.1) is 6.92 Å². The third-order valence-corrected chi connectivity index (χ3v) is 5.16. The van der Waals surface area contributed by atoms with E-state index < -0.39 is 6.10 Å². The van der Waals surface area contributed by atoms with Crippen LogP contribution in [0.2, 0.25) is 0 Å². The molecule has 0 bridgehead atoms. The van der Waals surface area contributed by atoms with Gasteiger partial charge in [-0.2, -0.15) is 0 Å². The van der Waals surface area contributed by atoms with E-state index in [-0.39, 0.29) is 5.91 Å². The lowest BCUT2D eigenvalue weighted by atomic mass is 9.92. The van der Waals surface area contributed by atoms with Crippen molar-refractivity contribution in [2.75, 3.05) is 7.05 Å². The Morgan fingerprint density at radius 3 is 2.46 bits per heavy atom. The Morgan fingerprint density at radius 2 is 1.77 bits per heavy atom. The van der Waals surface area contributed by atoms with Crippen molar-refractivity contribution in [1.29, 1.82) is 0 Å². The van der Waals surface area contributed by atoms with Crippen molar-refractivity contribution in [2.24, 2.45) is 0 Å². The van der Waals surface area contributed by atoms with Crippen LogP contribution in [0.15, 0.2) is 42.5 Å². The number of rotatable bonds is 6. The summed E-state index contributed by atoms with van der Waals surface area (Å²) in [7, 11) is 1.85. The summed E-state index contributed by atoms with van der Waals surface area (Å²) in [5.74, 6) is 0.848. The molecule has 0 aromatic heterocycles. The van der Waals surface area contributed by atoms with Crippen molar-refractivity contribution < 1.29 is 9.53 Å². The molecule has 2 aromatic carbocycles. The zero-order valence-electron chi connectivity index (χ0n) is 16.1. The lowest BCUT2D eigenvalue weighted by molar-refractivity contribution is -0.138. The summed E-state index contributed by atoms with van der Waals surface area (Å²) in [6.45, 7) is 4.67. The largest absolute Gasteiger partial charge is 0.481 e. The van der Waals surface area contributed by atoms with Crippen molar-refractivity contribution in [2.45, 2.75) is 58.6 Å². The highest BCUT2D eigenvalue weighted by Gasteiger charge is 2.23. The Balaban J connectivity index is 1.65. The van der Waals surface area contributed by atoms with E-state index in [0.29, 0.717) is 13.0 Å². The second-order valence-electron chi connectivity index (χ2n) is 7.33. The van der Waals surface area contributed by atoms with Crippen LogP contribution in [-0.2, 0) is 24.2 Å². The van der Waals surface area contributed by atoms with E-state index in [9.17, 15) is 4.79 Å². The molecule has 0 spiro atoms. The van der Waals surface area contributed by atoms with E-state index in [4.69, 9.17) is 4.74 Å². The number of hydrogen-bond donors (Lipinski definition) is 0. The molecule has 26 heavy (non-hydrogen) atoms. The molecule has 1 aliphatic rings. The van der Waals surface area contributed by atoms with Gasteiger partial charge >= 0.3 is 0 Å². The molecule has 0 fully saturated rings. The van der Waals surface area contributed by atoms with Crippen molar-refractivity contribution in [3.8, 4) is 5.75 Å². The molecular weight excluding hydrogens is 322 g/mol. The number of likely N-dealkylation sites (N-methyl/N-ethyl adjacent to an activating group) is 1. The summed E-state index contributed by atoms with van der Waals surface area (Å²) in [6.07, 6.45) is 5.01. The molecule has 3 heteroatoms. The lowest BCUT2D eigenvalue weighted by Crippen LogP contribution is -2.39. The number of carbonyl (C=O) groups is 1. The lowest BCUT2D eigenvalue weighted by Gasteiger charge is -2.25. The number of carbonyl (C=O) groups excluding carboxylic acids is 1. The third kappa shape index (κ3) is 4.46. The van der Waals surface area contributed by atoms with Gasteiger partial charge in [0.2, 0.25) is 0 Å². The maximum atomic E-state index is 12.8. The number of ether oxygens (including phenoxy) is 1. The van der Waals surface area contributed by atoms with Gasteiger partial charge < -0.3 is 9.64 Å². The van der Waals surface area contributed by atoms with E-state index in [2.05, 4.69) is 43.3 Å². The molecule has 1 amide bonds. The predicted molar refractivity (Wildman–Crippen MR) is 105 cm³/mol. The normalized spacial score (nSPS) is 14.4. The first kappa shape index (κ1) is 18.5. The van der Waals surface area contributed by atoms with Crippen LogP contribution in [0.5, 0.6) is 5.75 Å². The molecule has 138 valence electrons. The first-order chi connectivity index (χ1) is 12.6. The van der Waals surface area contributed by atoms with Crippen LogP contribution < -0.4 is 4.74 Å². The number of hydrogen-bond acceptors (Lipinski definition) is 2. The Kier molecular flexibility index (Phi) is 5.97. The minimum absolute atomic E-state index is 0.0331. The highest BCUT2D eigenvalue weighted by molar-refractivity contribution is 5.81. The minimum Gasteiger partial charge on any atom is -0.481 e. The van der Waals surface area contributed by atoms with E-state index in [1.54, 1.807) is 4.90 Å². The molecule has 0 unspecified atom stereocenters. The Hall–Kier alpha value is -2.29. The molecule has 0 radical (unpaired) electrons. The quantitative estimate of drug-likeness (QED) is 0.755. The van der Waals surface area contributed by atoms with Gasteiger partial charge in [0, 0.05) is 13.6 Å². The zero-order valence-corrected chi connectivity index (χ0v) is 16.1. The smallest absolute Gasteiger partial charge is 0.263 e. The monoisotopic (exact) mass is 351 g/mol. The first-order valence-corrected chi connectivity index (χ1v) is 9.66. The fourth-order valence-corrected chi connectivity index (χ4v) is 3.55. The van der Waals surface area contributed by atoms with Crippen LogP contribution in [0.4, 0.5) is 0 Å². The molecule has 1 atom stereocenters. The SMILES string of the molecule is CC[C@H](Oc1ccc2c(c1)CCCC2)C(=O)N(C)Cc1ccc(C)cc1. The highest BCUT2D eigenvalue weighted by Crippen LogP contribution is 2.26. The van der Waals surface area contributed by atoms with Gasteiger partial charge in [0.05, 0.1) is 0 Å². The highest BCUT2D eigenvalue weighted by atomic mass is 16.5.